The lowest BCUT2D eigenvalue weighted by molar-refractivity contribution is 0.521. The minimum absolute atomic E-state index is 0.0825. The van der Waals surface area contributed by atoms with E-state index in [0.717, 1.165) is 18.9 Å². The largest absolute Gasteiger partial charge is 0.326 e. The summed E-state index contributed by atoms with van der Waals surface area (Å²) in [5.41, 5.74) is 5.47. The Labute approximate surface area is 124 Å². The Morgan fingerprint density at radius 3 is 2.65 bits per heavy atom. The zero-order valence-electron chi connectivity index (χ0n) is 11.6. The predicted molar refractivity (Wildman–Crippen MR) is 78.6 cm³/mol. The first kappa shape index (κ1) is 17.4. The predicted octanol–water partition coefficient (Wildman–Crippen LogP) is 2.79. The molecule has 0 aliphatic rings. The van der Waals surface area contributed by atoms with Gasteiger partial charge < -0.3 is 5.73 Å². The number of rotatable bonds is 7. The molecule has 0 radical (unpaired) electrons. The maximum Gasteiger partial charge on any atom is 0.243 e. The first-order valence-electron chi connectivity index (χ1n) is 6.52. The average Bonchev–Trinajstić information content (AvgIpc) is 2.37. The highest BCUT2D eigenvalue weighted by atomic mass is 35.5. The third kappa shape index (κ3) is 4.41. The molecule has 0 saturated carbocycles. The van der Waals surface area contributed by atoms with Crippen LogP contribution in [-0.2, 0) is 16.6 Å². The summed E-state index contributed by atoms with van der Waals surface area (Å²) < 4.78 is 40.9. The Hall–Kier alpha value is -0.690. The van der Waals surface area contributed by atoms with Crippen LogP contribution in [-0.4, -0.2) is 14.5 Å². The van der Waals surface area contributed by atoms with Gasteiger partial charge in [-0.1, -0.05) is 31.4 Å². The summed E-state index contributed by atoms with van der Waals surface area (Å²) in [7, 11) is -3.94. The number of sulfonamides is 1. The van der Waals surface area contributed by atoms with Gasteiger partial charge in [-0.2, -0.15) is 0 Å². The minimum atomic E-state index is -3.94. The van der Waals surface area contributed by atoms with E-state index in [4.69, 9.17) is 17.3 Å². The van der Waals surface area contributed by atoms with Crippen molar-refractivity contribution in [3.63, 3.8) is 0 Å². The van der Waals surface area contributed by atoms with E-state index in [0.29, 0.717) is 6.42 Å². The molecule has 1 atom stereocenters. The van der Waals surface area contributed by atoms with Crippen LogP contribution in [0.3, 0.4) is 0 Å². The first-order chi connectivity index (χ1) is 9.31. The summed E-state index contributed by atoms with van der Waals surface area (Å²) in [6.07, 6.45) is 2.56. The second-order valence-corrected chi connectivity index (χ2v) is 6.86. The Morgan fingerprint density at radius 1 is 1.45 bits per heavy atom. The van der Waals surface area contributed by atoms with Crippen molar-refractivity contribution < 1.29 is 12.8 Å². The Bertz CT molecular complexity index is 564. The third-order valence-electron chi connectivity index (χ3n) is 2.94. The highest BCUT2D eigenvalue weighted by Gasteiger charge is 2.23. The lowest BCUT2D eigenvalue weighted by atomic mass is 10.2. The molecule has 0 saturated heterocycles. The summed E-state index contributed by atoms with van der Waals surface area (Å²) in [4.78, 5) is -0.450. The second-order valence-electron chi connectivity index (χ2n) is 4.75. The van der Waals surface area contributed by atoms with E-state index in [-0.39, 0.29) is 23.2 Å². The fourth-order valence-electron chi connectivity index (χ4n) is 1.86. The van der Waals surface area contributed by atoms with E-state index in [2.05, 4.69) is 4.72 Å². The molecule has 0 aliphatic heterocycles. The van der Waals surface area contributed by atoms with Gasteiger partial charge in [0, 0.05) is 23.2 Å². The van der Waals surface area contributed by atoms with Gasteiger partial charge in [-0.05, 0) is 25.5 Å². The first-order valence-corrected chi connectivity index (χ1v) is 8.38. The quantitative estimate of drug-likeness (QED) is 0.810. The van der Waals surface area contributed by atoms with Crippen LogP contribution in [0.4, 0.5) is 4.39 Å². The molecular weight excluding hydrogens is 303 g/mol. The summed E-state index contributed by atoms with van der Waals surface area (Å²) >= 11 is 5.81. The molecule has 0 amide bonds. The van der Waals surface area contributed by atoms with Crippen molar-refractivity contribution in [3.8, 4) is 0 Å². The van der Waals surface area contributed by atoms with Gasteiger partial charge >= 0.3 is 0 Å². The van der Waals surface area contributed by atoms with E-state index >= 15 is 0 Å². The highest BCUT2D eigenvalue weighted by Crippen LogP contribution is 2.24. The van der Waals surface area contributed by atoms with Crippen LogP contribution in [0, 0.1) is 5.82 Å². The van der Waals surface area contributed by atoms with Crippen LogP contribution in [0.5, 0.6) is 0 Å². The van der Waals surface area contributed by atoms with Crippen molar-refractivity contribution >= 4 is 21.6 Å². The van der Waals surface area contributed by atoms with Crippen LogP contribution >= 0.6 is 11.6 Å². The maximum atomic E-state index is 14.1. The van der Waals surface area contributed by atoms with Crippen LogP contribution < -0.4 is 10.5 Å². The lowest BCUT2D eigenvalue weighted by Gasteiger charge is -2.15. The highest BCUT2D eigenvalue weighted by molar-refractivity contribution is 7.89. The molecule has 1 rings (SSSR count). The van der Waals surface area contributed by atoms with Crippen molar-refractivity contribution in [1.29, 1.82) is 0 Å². The number of unbranched alkanes of at least 4 members (excludes halogenated alkanes) is 1. The Balaban J connectivity index is 3.06. The molecule has 0 fully saturated rings. The van der Waals surface area contributed by atoms with Crippen molar-refractivity contribution in [2.45, 2.75) is 50.6 Å². The molecule has 1 aromatic carbocycles. The van der Waals surface area contributed by atoms with E-state index in [1.807, 2.05) is 6.92 Å². The lowest BCUT2D eigenvalue weighted by Crippen LogP contribution is -2.33. The molecule has 20 heavy (non-hydrogen) atoms. The zero-order valence-corrected chi connectivity index (χ0v) is 13.2. The van der Waals surface area contributed by atoms with Crippen LogP contribution in [0.1, 0.15) is 38.7 Å². The molecule has 7 heteroatoms. The van der Waals surface area contributed by atoms with Crippen molar-refractivity contribution in [2.24, 2.45) is 5.73 Å². The van der Waals surface area contributed by atoms with Gasteiger partial charge in [0.2, 0.25) is 10.0 Å². The van der Waals surface area contributed by atoms with E-state index in [9.17, 15) is 12.8 Å². The van der Waals surface area contributed by atoms with Crippen LogP contribution in [0.25, 0.3) is 0 Å². The molecule has 4 nitrogen and oxygen atoms in total. The van der Waals surface area contributed by atoms with Gasteiger partial charge in [-0.25, -0.2) is 17.5 Å². The summed E-state index contributed by atoms with van der Waals surface area (Å²) in [6.45, 7) is 3.66. The molecule has 3 N–H and O–H groups in total. The molecule has 1 aromatic rings. The molecular formula is C13H20ClFN2O2S. The van der Waals surface area contributed by atoms with E-state index < -0.39 is 20.7 Å². The third-order valence-corrected chi connectivity index (χ3v) is 4.74. The summed E-state index contributed by atoms with van der Waals surface area (Å²) in [5, 5.41) is 0.147. The van der Waals surface area contributed by atoms with Crippen LogP contribution in [0.15, 0.2) is 17.0 Å². The molecule has 0 heterocycles. The molecule has 0 spiro atoms. The number of hydrogen-bond acceptors (Lipinski definition) is 3. The van der Waals surface area contributed by atoms with Crippen molar-refractivity contribution in [1.82, 2.24) is 4.72 Å². The fraction of sp³-hybridized carbons (Fsp3) is 0.538. The van der Waals surface area contributed by atoms with Crippen molar-refractivity contribution in [3.05, 3.63) is 28.5 Å². The van der Waals surface area contributed by atoms with Crippen molar-refractivity contribution in [2.75, 3.05) is 0 Å². The molecule has 0 aromatic heterocycles. The number of hydrogen-bond donors (Lipinski definition) is 2. The van der Waals surface area contributed by atoms with Gasteiger partial charge in [0.1, 0.15) is 10.7 Å². The second kappa shape index (κ2) is 7.36. The van der Waals surface area contributed by atoms with Crippen LogP contribution in [0.2, 0.25) is 5.02 Å². The van der Waals surface area contributed by atoms with Gasteiger partial charge in [0.25, 0.3) is 0 Å². The van der Waals surface area contributed by atoms with E-state index in [1.165, 1.54) is 6.07 Å². The average molecular weight is 323 g/mol. The minimum Gasteiger partial charge on any atom is -0.326 e. The smallest absolute Gasteiger partial charge is 0.243 e. The zero-order chi connectivity index (χ0) is 15.3. The summed E-state index contributed by atoms with van der Waals surface area (Å²) in [6, 6.07) is 2.17. The van der Waals surface area contributed by atoms with Gasteiger partial charge in [-0.15, -0.1) is 0 Å². The number of nitrogens with two attached hydrogens (primary N) is 1. The normalized spacial score (nSPS) is 13.4. The SMILES string of the molecule is CCCCC(C)NS(=O)(=O)c1cc(Cl)cc(CN)c1F. The number of halogens is 2. The monoisotopic (exact) mass is 322 g/mol. The maximum absolute atomic E-state index is 14.1. The number of nitrogens with one attached hydrogen (secondary N) is 1. The van der Waals surface area contributed by atoms with Gasteiger partial charge in [0.15, 0.2) is 0 Å². The summed E-state index contributed by atoms with van der Waals surface area (Å²) in [5.74, 6) is -0.841. The van der Waals surface area contributed by atoms with Gasteiger partial charge in [-0.3, -0.25) is 0 Å². The number of benzene rings is 1. The molecule has 0 bridgehead atoms. The molecule has 0 aliphatic carbocycles. The van der Waals surface area contributed by atoms with E-state index in [1.54, 1.807) is 6.92 Å². The topological polar surface area (TPSA) is 72.2 Å². The Kier molecular flexibility index (Phi) is 6.39. The van der Waals surface area contributed by atoms with Gasteiger partial charge in [0.05, 0.1) is 0 Å². The molecule has 1 unspecified atom stereocenters. The molecule has 114 valence electrons. The standard InChI is InChI=1S/C13H20ClFN2O2S/c1-3-4-5-9(2)17-20(18,19)12-7-11(14)6-10(8-16)13(12)15/h6-7,9,17H,3-5,8,16H2,1-2H3. The fourth-order valence-corrected chi connectivity index (χ4v) is 3.59. The Morgan fingerprint density at radius 2 is 2.10 bits per heavy atom.